The van der Waals surface area contributed by atoms with Gasteiger partial charge in [-0.2, -0.15) is 0 Å². The number of benzene rings is 2. The second-order valence-electron chi connectivity index (χ2n) is 9.80. The molecule has 0 aromatic heterocycles. The highest BCUT2D eigenvalue weighted by molar-refractivity contribution is 5.85. The molecule has 0 N–H and O–H groups in total. The maximum absolute atomic E-state index is 13.1. The van der Waals surface area contributed by atoms with Crippen LogP contribution in [0.3, 0.4) is 0 Å². The number of likely N-dealkylation sites (tertiary alicyclic amines) is 1. The monoisotopic (exact) mass is 532 g/mol. The van der Waals surface area contributed by atoms with Gasteiger partial charge < -0.3 is 33.5 Å². The molecule has 2 aromatic rings. The average molecular weight is 533 g/mol. The van der Waals surface area contributed by atoms with Gasteiger partial charge in [-0.05, 0) is 61.4 Å². The van der Waals surface area contributed by atoms with Crippen LogP contribution in [0, 0.1) is 5.92 Å². The molecular weight excluding hydrogens is 496 g/mol. The summed E-state index contributed by atoms with van der Waals surface area (Å²) in [6, 6.07) is 9.64. The Bertz CT molecular complexity index is 1060. The third kappa shape index (κ3) is 6.73. The largest absolute Gasteiger partial charge is 0.496 e. The molecule has 202 valence electrons. The summed E-state index contributed by atoms with van der Waals surface area (Å²) in [6.07, 6.45) is 4.58. The molecule has 1 amide bonds. The SMILES string of the molecule is COc1cc(OC)cc(OCCCN2CCCC(CN3CCc4cc5c(cc4CC3=O)OCO5)C2)c1.Cl. The molecule has 5 rings (SSSR count). The van der Waals surface area contributed by atoms with Gasteiger partial charge in [0.2, 0.25) is 12.7 Å². The van der Waals surface area contributed by atoms with E-state index in [9.17, 15) is 4.79 Å². The summed E-state index contributed by atoms with van der Waals surface area (Å²) in [6.45, 7) is 5.61. The van der Waals surface area contributed by atoms with E-state index in [1.54, 1.807) is 14.2 Å². The first kappa shape index (κ1) is 27.2. The van der Waals surface area contributed by atoms with Gasteiger partial charge in [0.1, 0.15) is 17.2 Å². The molecule has 3 aliphatic rings. The Labute approximate surface area is 225 Å². The number of carbonyl (C=O) groups is 1. The molecule has 0 bridgehead atoms. The predicted octanol–water partition coefficient (Wildman–Crippen LogP) is 3.96. The van der Waals surface area contributed by atoms with Crippen molar-refractivity contribution < 1.29 is 28.5 Å². The van der Waals surface area contributed by atoms with Crippen molar-refractivity contribution in [1.29, 1.82) is 0 Å². The van der Waals surface area contributed by atoms with Crippen LogP contribution in [-0.2, 0) is 17.6 Å². The van der Waals surface area contributed by atoms with Crippen LogP contribution in [0.25, 0.3) is 0 Å². The average Bonchev–Trinajstić information content (AvgIpc) is 3.30. The number of nitrogens with zero attached hydrogens (tertiary/aromatic N) is 2. The molecule has 2 aromatic carbocycles. The van der Waals surface area contributed by atoms with Crippen molar-refractivity contribution in [1.82, 2.24) is 9.80 Å². The lowest BCUT2D eigenvalue weighted by atomic mass is 9.97. The molecule has 0 spiro atoms. The first-order valence-electron chi connectivity index (χ1n) is 12.9. The fourth-order valence-corrected chi connectivity index (χ4v) is 5.43. The fraction of sp³-hybridized carbons (Fsp3) is 0.536. The zero-order chi connectivity index (χ0) is 24.9. The smallest absolute Gasteiger partial charge is 0.231 e. The lowest BCUT2D eigenvalue weighted by Gasteiger charge is -2.35. The summed E-state index contributed by atoms with van der Waals surface area (Å²) in [5, 5.41) is 0. The highest BCUT2D eigenvalue weighted by Gasteiger charge is 2.28. The quantitative estimate of drug-likeness (QED) is 0.453. The molecule has 37 heavy (non-hydrogen) atoms. The number of piperidine rings is 1. The van der Waals surface area contributed by atoms with Crippen LogP contribution in [0.5, 0.6) is 28.7 Å². The number of fused-ring (bicyclic) bond motifs is 2. The Morgan fingerprint density at radius 3 is 2.38 bits per heavy atom. The molecule has 1 atom stereocenters. The minimum Gasteiger partial charge on any atom is -0.496 e. The molecular formula is C28H37ClN2O6. The third-order valence-electron chi connectivity index (χ3n) is 7.33. The number of amides is 1. The highest BCUT2D eigenvalue weighted by Crippen LogP contribution is 2.36. The molecule has 8 nitrogen and oxygen atoms in total. The van der Waals surface area contributed by atoms with E-state index < -0.39 is 0 Å². The Hall–Kier alpha value is -2.84. The van der Waals surface area contributed by atoms with E-state index >= 15 is 0 Å². The second kappa shape index (κ2) is 12.6. The minimum atomic E-state index is 0. The van der Waals surface area contributed by atoms with Crippen molar-refractivity contribution in [3.8, 4) is 28.7 Å². The maximum Gasteiger partial charge on any atom is 0.231 e. The molecule has 0 aliphatic carbocycles. The second-order valence-corrected chi connectivity index (χ2v) is 9.80. The predicted molar refractivity (Wildman–Crippen MR) is 143 cm³/mol. The zero-order valence-electron chi connectivity index (χ0n) is 21.7. The molecule has 0 radical (unpaired) electrons. The number of methoxy groups -OCH3 is 2. The molecule has 1 saturated heterocycles. The zero-order valence-corrected chi connectivity index (χ0v) is 22.5. The summed E-state index contributed by atoms with van der Waals surface area (Å²) in [5.41, 5.74) is 2.28. The molecule has 0 saturated carbocycles. The Morgan fingerprint density at radius 2 is 1.65 bits per heavy atom. The molecule has 3 aliphatic heterocycles. The van der Waals surface area contributed by atoms with Crippen LogP contribution >= 0.6 is 12.4 Å². The maximum atomic E-state index is 13.1. The van der Waals surface area contributed by atoms with Gasteiger partial charge in [-0.3, -0.25) is 4.79 Å². The van der Waals surface area contributed by atoms with Gasteiger partial charge in [0.15, 0.2) is 11.5 Å². The van der Waals surface area contributed by atoms with Crippen LogP contribution in [0.15, 0.2) is 30.3 Å². The van der Waals surface area contributed by atoms with Crippen molar-refractivity contribution in [3.63, 3.8) is 0 Å². The van der Waals surface area contributed by atoms with Crippen molar-refractivity contribution in [3.05, 3.63) is 41.5 Å². The normalized spacial score (nSPS) is 19.0. The van der Waals surface area contributed by atoms with E-state index in [1.807, 2.05) is 24.3 Å². The number of carbonyl (C=O) groups excluding carboxylic acids is 1. The van der Waals surface area contributed by atoms with E-state index in [4.69, 9.17) is 23.7 Å². The van der Waals surface area contributed by atoms with Crippen molar-refractivity contribution in [2.24, 2.45) is 5.92 Å². The summed E-state index contributed by atoms with van der Waals surface area (Å²) in [5.74, 6) is 4.47. The van der Waals surface area contributed by atoms with E-state index in [1.165, 1.54) is 18.4 Å². The van der Waals surface area contributed by atoms with E-state index in [-0.39, 0.29) is 25.1 Å². The molecule has 3 heterocycles. The number of halogens is 1. The summed E-state index contributed by atoms with van der Waals surface area (Å²) < 4.78 is 27.6. The lowest BCUT2D eigenvalue weighted by molar-refractivity contribution is -0.131. The van der Waals surface area contributed by atoms with Gasteiger partial charge in [-0.25, -0.2) is 0 Å². The van der Waals surface area contributed by atoms with Crippen molar-refractivity contribution >= 4 is 18.3 Å². The Balaban J connectivity index is 0.00000320. The van der Waals surface area contributed by atoms with Crippen LogP contribution in [0.2, 0.25) is 0 Å². The van der Waals surface area contributed by atoms with Gasteiger partial charge in [-0.1, -0.05) is 0 Å². The first-order chi connectivity index (χ1) is 17.6. The molecule has 1 fully saturated rings. The van der Waals surface area contributed by atoms with Crippen LogP contribution in [0.1, 0.15) is 30.4 Å². The van der Waals surface area contributed by atoms with Gasteiger partial charge >= 0.3 is 0 Å². The number of rotatable bonds is 9. The van der Waals surface area contributed by atoms with Crippen molar-refractivity contribution in [2.45, 2.75) is 32.1 Å². The number of hydrogen-bond acceptors (Lipinski definition) is 7. The van der Waals surface area contributed by atoms with Gasteiger partial charge in [-0.15, -0.1) is 12.4 Å². The summed E-state index contributed by atoms with van der Waals surface area (Å²) in [7, 11) is 3.28. The van der Waals surface area contributed by atoms with E-state index in [0.717, 1.165) is 79.9 Å². The minimum absolute atomic E-state index is 0. The summed E-state index contributed by atoms with van der Waals surface area (Å²) in [4.78, 5) is 17.7. The lowest BCUT2D eigenvalue weighted by Crippen LogP contribution is -2.43. The van der Waals surface area contributed by atoms with Gasteiger partial charge in [0.25, 0.3) is 0 Å². The van der Waals surface area contributed by atoms with Crippen LogP contribution in [0.4, 0.5) is 0 Å². The van der Waals surface area contributed by atoms with Crippen molar-refractivity contribution in [2.75, 3.05) is 60.3 Å². The highest BCUT2D eigenvalue weighted by atomic mass is 35.5. The Morgan fingerprint density at radius 1 is 0.946 bits per heavy atom. The Kier molecular flexibility index (Phi) is 9.27. The number of ether oxygens (including phenoxy) is 5. The summed E-state index contributed by atoms with van der Waals surface area (Å²) >= 11 is 0. The third-order valence-corrected chi connectivity index (χ3v) is 7.33. The standard InChI is InChI=1S/C28H36N2O6.ClH/c1-32-23-14-24(33-2)16-25(15-23)34-10-4-8-29-7-3-5-20(17-29)18-30-9-6-21-11-26-27(36-19-35-26)12-22(21)13-28(30)31;/h11-12,14-16,20H,3-10,13,17-19H2,1-2H3;1H. The molecule has 9 heteroatoms. The van der Waals surface area contributed by atoms with Crippen LogP contribution < -0.4 is 23.7 Å². The van der Waals surface area contributed by atoms with Crippen LogP contribution in [-0.4, -0.2) is 76.1 Å². The van der Waals surface area contributed by atoms with Gasteiger partial charge in [0, 0.05) is 44.4 Å². The topological polar surface area (TPSA) is 69.7 Å². The fourth-order valence-electron chi connectivity index (χ4n) is 5.43. The van der Waals surface area contributed by atoms with Gasteiger partial charge in [0.05, 0.1) is 27.2 Å². The first-order valence-corrected chi connectivity index (χ1v) is 12.9. The molecule has 1 unspecified atom stereocenters. The van der Waals surface area contributed by atoms with E-state index in [0.29, 0.717) is 18.9 Å². The van der Waals surface area contributed by atoms with E-state index in [2.05, 4.69) is 15.9 Å². The number of hydrogen-bond donors (Lipinski definition) is 0.